The van der Waals surface area contributed by atoms with Gasteiger partial charge in [-0.3, -0.25) is 4.79 Å². The summed E-state index contributed by atoms with van der Waals surface area (Å²) in [5, 5.41) is 0. The van der Waals surface area contributed by atoms with Crippen LogP contribution in [0.25, 0.3) is 0 Å². The summed E-state index contributed by atoms with van der Waals surface area (Å²) in [6, 6.07) is 6.96. The Kier molecular flexibility index (Phi) is 6.87. The average Bonchev–Trinajstić information content (AvgIpc) is 2.44. The van der Waals surface area contributed by atoms with Crippen LogP contribution in [0.3, 0.4) is 0 Å². The van der Waals surface area contributed by atoms with Crippen LogP contribution in [0.2, 0.25) is 0 Å². The van der Waals surface area contributed by atoms with Gasteiger partial charge in [0.2, 0.25) is 5.91 Å². The van der Waals surface area contributed by atoms with Crippen LogP contribution >= 0.6 is 0 Å². The monoisotopic (exact) mass is 327 g/mol. The van der Waals surface area contributed by atoms with Gasteiger partial charge in [0.15, 0.2) is 0 Å². The van der Waals surface area contributed by atoms with E-state index in [1.54, 1.807) is 24.3 Å². The van der Waals surface area contributed by atoms with Crippen LogP contribution in [-0.4, -0.2) is 31.5 Å². The van der Waals surface area contributed by atoms with Gasteiger partial charge in [0.05, 0.1) is 6.26 Å². The second-order valence-corrected chi connectivity index (χ2v) is 7.04. The molecule has 0 saturated heterocycles. The molecule has 0 heterocycles. The van der Waals surface area contributed by atoms with E-state index in [2.05, 4.69) is 6.92 Å². The highest BCUT2D eigenvalue weighted by molar-refractivity contribution is 7.86. The van der Waals surface area contributed by atoms with Gasteiger partial charge in [-0.1, -0.05) is 26.0 Å². The van der Waals surface area contributed by atoms with Gasteiger partial charge in [-0.2, -0.15) is 8.42 Å². The highest BCUT2D eigenvalue weighted by atomic mass is 32.2. The molecule has 1 aromatic rings. The van der Waals surface area contributed by atoms with Gasteiger partial charge in [-0.15, -0.1) is 0 Å². The molecule has 0 aliphatic rings. The van der Waals surface area contributed by atoms with Crippen LogP contribution in [0.5, 0.6) is 5.75 Å². The summed E-state index contributed by atoms with van der Waals surface area (Å²) in [7, 11) is -3.52. The van der Waals surface area contributed by atoms with E-state index in [1.807, 2.05) is 18.7 Å². The van der Waals surface area contributed by atoms with Crippen LogP contribution < -0.4 is 4.18 Å². The third kappa shape index (κ3) is 6.05. The molecule has 124 valence electrons. The van der Waals surface area contributed by atoms with Crippen LogP contribution in [0.15, 0.2) is 24.3 Å². The number of rotatable bonds is 8. The maximum Gasteiger partial charge on any atom is 0.306 e. The van der Waals surface area contributed by atoms with Gasteiger partial charge >= 0.3 is 10.1 Å². The van der Waals surface area contributed by atoms with Crippen LogP contribution in [0.1, 0.15) is 45.6 Å². The summed E-state index contributed by atoms with van der Waals surface area (Å²) in [5.41, 5.74) is 0.950. The molecule has 0 fully saturated rings. The lowest BCUT2D eigenvalue weighted by Gasteiger charge is -2.29. The molecule has 0 aliphatic heterocycles. The Labute approximate surface area is 133 Å². The summed E-state index contributed by atoms with van der Waals surface area (Å²) in [6.45, 7) is 6.60. The van der Waals surface area contributed by atoms with Crippen molar-refractivity contribution in [2.45, 2.75) is 52.6 Å². The SMILES string of the molecule is CCCC(=O)N(Cc1ccc(OS(C)(=O)=O)cc1)[C@H](C)CC. The Balaban J connectivity index is 2.83. The number of carbonyl (C=O) groups excluding carboxylic acids is 1. The molecule has 22 heavy (non-hydrogen) atoms. The van der Waals surface area contributed by atoms with E-state index >= 15 is 0 Å². The van der Waals surface area contributed by atoms with Gasteiger partial charge in [0, 0.05) is 19.0 Å². The first-order chi connectivity index (χ1) is 10.3. The second-order valence-electron chi connectivity index (χ2n) is 5.46. The van der Waals surface area contributed by atoms with E-state index in [0.717, 1.165) is 24.7 Å². The first-order valence-electron chi connectivity index (χ1n) is 7.54. The third-order valence-electron chi connectivity index (χ3n) is 3.43. The minimum Gasteiger partial charge on any atom is -0.383 e. The standard InChI is InChI=1S/C16H25NO4S/c1-5-7-16(18)17(13(3)6-2)12-14-8-10-15(11-9-14)21-22(4,19)20/h8-11,13H,5-7,12H2,1-4H3/t13-/m1/s1. The van der Waals surface area contributed by atoms with E-state index in [0.29, 0.717) is 13.0 Å². The summed E-state index contributed by atoms with van der Waals surface area (Å²) >= 11 is 0. The number of hydrogen-bond donors (Lipinski definition) is 0. The molecule has 6 heteroatoms. The molecule has 0 spiro atoms. The highest BCUT2D eigenvalue weighted by Gasteiger charge is 2.18. The number of carbonyl (C=O) groups is 1. The predicted octanol–water partition coefficient (Wildman–Crippen LogP) is 2.95. The third-order valence-corrected chi connectivity index (χ3v) is 3.93. The topological polar surface area (TPSA) is 63.7 Å². The van der Waals surface area contributed by atoms with E-state index in [-0.39, 0.29) is 17.7 Å². The zero-order valence-corrected chi connectivity index (χ0v) is 14.5. The number of amides is 1. The summed E-state index contributed by atoms with van der Waals surface area (Å²) in [5.74, 6) is 0.425. The Morgan fingerprint density at radius 1 is 1.23 bits per heavy atom. The molecule has 5 nitrogen and oxygen atoms in total. The summed E-state index contributed by atoms with van der Waals surface area (Å²) in [4.78, 5) is 14.1. The molecule has 0 unspecified atom stereocenters. The van der Waals surface area contributed by atoms with Gasteiger partial charge < -0.3 is 9.08 Å². The van der Waals surface area contributed by atoms with Crippen molar-refractivity contribution < 1.29 is 17.4 Å². The molecule has 1 rings (SSSR count). The average molecular weight is 327 g/mol. The van der Waals surface area contributed by atoms with Crippen molar-refractivity contribution >= 4 is 16.0 Å². The quantitative estimate of drug-likeness (QED) is 0.689. The number of nitrogens with zero attached hydrogens (tertiary/aromatic N) is 1. The van der Waals surface area contributed by atoms with E-state index in [4.69, 9.17) is 4.18 Å². The Morgan fingerprint density at radius 2 is 1.82 bits per heavy atom. The normalized spacial score (nSPS) is 12.7. The molecular formula is C16H25NO4S. The largest absolute Gasteiger partial charge is 0.383 e. The Morgan fingerprint density at radius 3 is 2.27 bits per heavy atom. The smallest absolute Gasteiger partial charge is 0.306 e. The van der Waals surface area contributed by atoms with Gasteiger partial charge in [-0.25, -0.2) is 0 Å². The minimum absolute atomic E-state index is 0.147. The van der Waals surface area contributed by atoms with Crippen LogP contribution in [0, 0.1) is 0 Å². The fourth-order valence-corrected chi connectivity index (χ4v) is 2.55. The predicted molar refractivity (Wildman–Crippen MR) is 87.1 cm³/mol. The van der Waals surface area contributed by atoms with Gasteiger partial charge in [0.25, 0.3) is 0 Å². The molecule has 0 aliphatic carbocycles. The lowest BCUT2D eigenvalue weighted by molar-refractivity contribution is -0.134. The van der Waals surface area contributed by atoms with E-state index in [1.165, 1.54) is 0 Å². The fourth-order valence-electron chi connectivity index (χ4n) is 2.09. The van der Waals surface area contributed by atoms with Gasteiger partial charge in [0.1, 0.15) is 5.75 Å². The van der Waals surface area contributed by atoms with Crippen molar-refractivity contribution in [1.29, 1.82) is 0 Å². The van der Waals surface area contributed by atoms with Crippen molar-refractivity contribution in [3.05, 3.63) is 29.8 Å². The molecule has 1 aromatic carbocycles. The number of benzene rings is 1. The Hall–Kier alpha value is -1.56. The maximum absolute atomic E-state index is 12.2. The van der Waals surface area contributed by atoms with Crippen molar-refractivity contribution in [2.75, 3.05) is 6.26 Å². The van der Waals surface area contributed by atoms with E-state index < -0.39 is 10.1 Å². The molecule has 0 aromatic heterocycles. The molecule has 0 radical (unpaired) electrons. The van der Waals surface area contributed by atoms with Crippen molar-refractivity contribution in [3.63, 3.8) is 0 Å². The Bertz CT molecular complexity index is 581. The molecule has 1 atom stereocenters. The zero-order chi connectivity index (χ0) is 16.8. The summed E-state index contributed by atoms with van der Waals surface area (Å²) in [6.07, 6.45) is 3.27. The van der Waals surface area contributed by atoms with Crippen molar-refractivity contribution in [3.8, 4) is 5.75 Å². The van der Waals surface area contributed by atoms with E-state index in [9.17, 15) is 13.2 Å². The number of hydrogen-bond acceptors (Lipinski definition) is 4. The lowest BCUT2D eigenvalue weighted by atomic mass is 10.1. The fraction of sp³-hybridized carbons (Fsp3) is 0.562. The molecular weight excluding hydrogens is 302 g/mol. The lowest BCUT2D eigenvalue weighted by Crippen LogP contribution is -2.37. The first-order valence-corrected chi connectivity index (χ1v) is 9.36. The minimum atomic E-state index is -3.52. The maximum atomic E-state index is 12.2. The molecule has 1 amide bonds. The highest BCUT2D eigenvalue weighted by Crippen LogP contribution is 2.17. The molecule has 0 saturated carbocycles. The van der Waals surface area contributed by atoms with Crippen molar-refractivity contribution in [2.24, 2.45) is 0 Å². The first kappa shape index (κ1) is 18.5. The molecule has 0 bridgehead atoms. The van der Waals surface area contributed by atoms with Crippen molar-refractivity contribution in [1.82, 2.24) is 4.90 Å². The van der Waals surface area contributed by atoms with Gasteiger partial charge in [-0.05, 0) is 37.5 Å². The zero-order valence-electron chi connectivity index (χ0n) is 13.7. The summed E-state index contributed by atoms with van der Waals surface area (Å²) < 4.78 is 27.0. The second kappa shape index (κ2) is 8.17. The molecule has 0 N–H and O–H groups in total. The van der Waals surface area contributed by atoms with Crippen LogP contribution in [-0.2, 0) is 21.5 Å². The van der Waals surface area contributed by atoms with Crippen LogP contribution in [0.4, 0.5) is 0 Å².